The first-order valence-corrected chi connectivity index (χ1v) is 5.35. The highest BCUT2D eigenvalue weighted by molar-refractivity contribution is 5.97. The van der Waals surface area contributed by atoms with Gasteiger partial charge in [-0.2, -0.15) is 0 Å². The van der Waals surface area contributed by atoms with Crippen molar-refractivity contribution in [1.82, 2.24) is 10.6 Å². The smallest absolute Gasteiger partial charge is 0.251 e. The molecule has 0 saturated carbocycles. The summed E-state index contributed by atoms with van der Waals surface area (Å²) in [6.07, 6.45) is 0. The molecule has 17 heavy (non-hydrogen) atoms. The number of carbonyl (C=O) groups excluding carboxylic acids is 2. The Labute approximate surface area is 101 Å². The number of hydrogen-bond donors (Lipinski definition) is 3. The molecule has 0 spiro atoms. The van der Waals surface area contributed by atoms with E-state index in [1.165, 1.54) is 7.05 Å². The topological polar surface area (TPSA) is 70.2 Å². The lowest BCUT2D eigenvalue weighted by atomic mass is 10.1. The predicted octanol–water partition coefficient (Wildman–Crippen LogP) is 0.513. The zero-order valence-corrected chi connectivity index (χ0v) is 10.3. The number of benzene rings is 1. The SMILES string of the molecule is CNC(=O)CNC(=O)c1ccc(NC)cc1C. The zero-order chi connectivity index (χ0) is 12.8. The van der Waals surface area contributed by atoms with Crippen LogP contribution in [0.3, 0.4) is 0 Å². The third kappa shape index (κ3) is 3.48. The van der Waals surface area contributed by atoms with Crippen LogP contribution < -0.4 is 16.0 Å². The average molecular weight is 235 g/mol. The van der Waals surface area contributed by atoms with Crippen LogP contribution >= 0.6 is 0 Å². The Morgan fingerprint density at radius 2 is 1.94 bits per heavy atom. The van der Waals surface area contributed by atoms with Crippen LogP contribution in [0.4, 0.5) is 5.69 Å². The van der Waals surface area contributed by atoms with Crippen molar-refractivity contribution >= 4 is 17.5 Å². The molecule has 0 bridgehead atoms. The fourth-order valence-corrected chi connectivity index (χ4v) is 1.42. The van der Waals surface area contributed by atoms with Gasteiger partial charge in [0, 0.05) is 25.3 Å². The molecule has 0 aliphatic carbocycles. The zero-order valence-electron chi connectivity index (χ0n) is 10.3. The minimum absolute atomic E-state index is 0.0114. The third-order valence-corrected chi connectivity index (χ3v) is 2.45. The van der Waals surface area contributed by atoms with Gasteiger partial charge in [0.1, 0.15) is 0 Å². The molecule has 0 heterocycles. The van der Waals surface area contributed by atoms with Gasteiger partial charge in [0.25, 0.3) is 5.91 Å². The van der Waals surface area contributed by atoms with Crippen molar-refractivity contribution in [2.75, 3.05) is 26.0 Å². The van der Waals surface area contributed by atoms with Gasteiger partial charge in [0.05, 0.1) is 6.54 Å². The maximum absolute atomic E-state index is 11.8. The molecule has 0 unspecified atom stereocenters. The number of nitrogens with one attached hydrogen (secondary N) is 3. The number of carbonyl (C=O) groups is 2. The van der Waals surface area contributed by atoms with Gasteiger partial charge in [-0.05, 0) is 30.7 Å². The van der Waals surface area contributed by atoms with Crippen LogP contribution in [-0.2, 0) is 4.79 Å². The van der Waals surface area contributed by atoms with Gasteiger partial charge in [-0.1, -0.05) is 0 Å². The number of aryl methyl sites for hydroxylation is 1. The summed E-state index contributed by atoms with van der Waals surface area (Å²) in [4.78, 5) is 22.8. The van der Waals surface area contributed by atoms with Crippen LogP contribution in [0, 0.1) is 6.92 Å². The fourth-order valence-electron chi connectivity index (χ4n) is 1.42. The van der Waals surface area contributed by atoms with Gasteiger partial charge >= 0.3 is 0 Å². The molecule has 1 rings (SSSR count). The van der Waals surface area contributed by atoms with Crippen LogP contribution in [0.5, 0.6) is 0 Å². The summed E-state index contributed by atoms with van der Waals surface area (Å²) in [5.41, 5.74) is 2.39. The molecular formula is C12H17N3O2. The first-order valence-electron chi connectivity index (χ1n) is 5.35. The second-order valence-electron chi connectivity index (χ2n) is 3.64. The van der Waals surface area contributed by atoms with E-state index in [-0.39, 0.29) is 18.4 Å². The highest BCUT2D eigenvalue weighted by Crippen LogP contribution is 2.14. The molecule has 1 aromatic rings. The highest BCUT2D eigenvalue weighted by Gasteiger charge is 2.09. The number of likely N-dealkylation sites (N-methyl/N-ethyl adjacent to an activating group) is 1. The molecule has 3 N–H and O–H groups in total. The molecule has 0 aliphatic heterocycles. The van der Waals surface area contributed by atoms with Crippen LogP contribution in [0.2, 0.25) is 0 Å². The molecule has 0 aliphatic rings. The van der Waals surface area contributed by atoms with Gasteiger partial charge in [-0.25, -0.2) is 0 Å². The summed E-state index contributed by atoms with van der Waals surface area (Å²) in [7, 11) is 3.35. The van der Waals surface area contributed by atoms with Crippen molar-refractivity contribution in [3.05, 3.63) is 29.3 Å². The Morgan fingerprint density at radius 3 is 2.47 bits per heavy atom. The van der Waals surface area contributed by atoms with Crippen molar-refractivity contribution in [1.29, 1.82) is 0 Å². The molecule has 1 aromatic carbocycles. The number of hydrogen-bond acceptors (Lipinski definition) is 3. The molecule has 0 radical (unpaired) electrons. The van der Waals surface area contributed by atoms with Crippen molar-refractivity contribution in [2.24, 2.45) is 0 Å². The van der Waals surface area contributed by atoms with Crippen molar-refractivity contribution in [3.8, 4) is 0 Å². The van der Waals surface area contributed by atoms with E-state index in [4.69, 9.17) is 0 Å². The third-order valence-electron chi connectivity index (χ3n) is 2.45. The van der Waals surface area contributed by atoms with Crippen LogP contribution in [-0.4, -0.2) is 32.5 Å². The molecule has 0 fully saturated rings. The van der Waals surface area contributed by atoms with E-state index in [0.29, 0.717) is 5.56 Å². The van der Waals surface area contributed by atoms with Crippen molar-refractivity contribution < 1.29 is 9.59 Å². The molecule has 0 atom stereocenters. The van der Waals surface area contributed by atoms with Crippen LogP contribution in [0.1, 0.15) is 15.9 Å². The minimum atomic E-state index is -0.242. The van der Waals surface area contributed by atoms with Crippen LogP contribution in [0.15, 0.2) is 18.2 Å². The summed E-state index contributed by atoms with van der Waals surface area (Å²) in [5.74, 6) is -0.461. The number of amides is 2. The first-order chi connectivity index (χ1) is 8.08. The number of rotatable bonds is 4. The largest absolute Gasteiger partial charge is 0.388 e. The lowest BCUT2D eigenvalue weighted by Crippen LogP contribution is -2.35. The Kier molecular flexibility index (Phi) is 4.51. The summed E-state index contributed by atoms with van der Waals surface area (Å²) < 4.78 is 0. The first kappa shape index (κ1) is 13.0. The second kappa shape index (κ2) is 5.89. The molecule has 5 heteroatoms. The fraction of sp³-hybridized carbons (Fsp3) is 0.333. The Morgan fingerprint density at radius 1 is 1.24 bits per heavy atom. The molecule has 92 valence electrons. The lowest BCUT2D eigenvalue weighted by molar-refractivity contribution is -0.119. The maximum atomic E-state index is 11.8. The summed E-state index contributed by atoms with van der Waals surface area (Å²) in [6, 6.07) is 5.44. The van der Waals surface area contributed by atoms with E-state index < -0.39 is 0 Å². The van der Waals surface area contributed by atoms with Gasteiger partial charge in [-0.15, -0.1) is 0 Å². The quantitative estimate of drug-likeness (QED) is 0.712. The minimum Gasteiger partial charge on any atom is -0.388 e. The monoisotopic (exact) mass is 235 g/mol. The molecule has 5 nitrogen and oxygen atoms in total. The van der Waals surface area contributed by atoms with Gasteiger partial charge in [-0.3, -0.25) is 9.59 Å². The summed E-state index contributed by atoms with van der Waals surface area (Å²) in [5, 5.41) is 8.00. The van der Waals surface area contributed by atoms with Gasteiger partial charge < -0.3 is 16.0 Å². The second-order valence-corrected chi connectivity index (χ2v) is 3.64. The summed E-state index contributed by atoms with van der Waals surface area (Å²) in [6.45, 7) is 1.85. The maximum Gasteiger partial charge on any atom is 0.251 e. The van der Waals surface area contributed by atoms with Gasteiger partial charge in [0.2, 0.25) is 5.91 Å². The average Bonchev–Trinajstić information content (AvgIpc) is 2.35. The number of anilines is 1. The van der Waals surface area contributed by atoms with Crippen molar-refractivity contribution in [3.63, 3.8) is 0 Å². The molecular weight excluding hydrogens is 218 g/mol. The summed E-state index contributed by atoms with van der Waals surface area (Å²) >= 11 is 0. The highest BCUT2D eigenvalue weighted by atomic mass is 16.2. The lowest BCUT2D eigenvalue weighted by Gasteiger charge is -2.08. The Bertz CT molecular complexity index is 430. The predicted molar refractivity (Wildman–Crippen MR) is 67.1 cm³/mol. The normalized spacial score (nSPS) is 9.59. The van der Waals surface area contributed by atoms with Crippen LogP contribution in [0.25, 0.3) is 0 Å². The van der Waals surface area contributed by atoms with E-state index in [0.717, 1.165) is 11.3 Å². The van der Waals surface area contributed by atoms with Crippen molar-refractivity contribution in [2.45, 2.75) is 6.92 Å². The Hall–Kier alpha value is -2.04. The Balaban J connectivity index is 2.72. The standard InChI is InChI=1S/C12H17N3O2/c1-8-6-9(13-2)4-5-10(8)12(17)15-7-11(16)14-3/h4-6,13H,7H2,1-3H3,(H,14,16)(H,15,17). The molecule has 2 amide bonds. The van der Waals surface area contributed by atoms with E-state index in [1.807, 2.05) is 26.1 Å². The van der Waals surface area contributed by atoms with E-state index >= 15 is 0 Å². The molecule has 0 saturated heterocycles. The van der Waals surface area contributed by atoms with E-state index in [9.17, 15) is 9.59 Å². The molecule has 0 aromatic heterocycles. The van der Waals surface area contributed by atoms with Gasteiger partial charge in [0.15, 0.2) is 0 Å². The van der Waals surface area contributed by atoms with E-state index in [2.05, 4.69) is 16.0 Å². The van der Waals surface area contributed by atoms with E-state index in [1.54, 1.807) is 6.07 Å².